The van der Waals surface area contributed by atoms with Crippen molar-refractivity contribution in [3.63, 3.8) is 0 Å². The molecule has 4 aliphatic rings. The monoisotopic (exact) mass is 746 g/mol. The van der Waals surface area contributed by atoms with E-state index in [-0.39, 0.29) is 40.1 Å². The van der Waals surface area contributed by atoms with Crippen LogP contribution < -0.4 is 14.6 Å². The average Bonchev–Trinajstić information content (AvgIpc) is 3.45. The molecule has 266 valence electrons. The highest BCUT2D eigenvalue weighted by Gasteiger charge is 2.68. The summed E-state index contributed by atoms with van der Waals surface area (Å²) in [5.74, 6) is -8.60. The lowest BCUT2D eigenvalue weighted by molar-refractivity contribution is -0.141. The number of halogens is 6. The SMILES string of the molecule is COc1cc(O)ccc1[C@H]1C2=CC[C@@H]3C(=O)N(N(C)c4nc(C(F)(F)F)ccc4Cl)C(=O)[C@@H]3[C@@H]2C[C@H]2C(=O)N(c3ccc(F)c(Cl)c3)C(=O)[C@@]12C. The number of alkyl halides is 3. The quantitative estimate of drug-likeness (QED) is 0.178. The van der Waals surface area contributed by atoms with Gasteiger partial charge in [0, 0.05) is 24.6 Å². The van der Waals surface area contributed by atoms with Crippen LogP contribution in [0.2, 0.25) is 10.0 Å². The predicted molar refractivity (Wildman–Crippen MR) is 175 cm³/mol. The number of fused-ring (bicyclic) bond motifs is 4. The van der Waals surface area contributed by atoms with Gasteiger partial charge in [-0.15, -0.1) is 0 Å². The number of carbonyl (C=O) groups is 4. The van der Waals surface area contributed by atoms with E-state index in [0.717, 1.165) is 27.1 Å². The van der Waals surface area contributed by atoms with Gasteiger partial charge in [0.2, 0.25) is 11.8 Å². The first-order valence-corrected chi connectivity index (χ1v) is 16.5. The maximum atomic E-state index is 14.6. The first-order chi connectivity index (χ1) is 24.0. The highest BCUT2D eigenvalue weighted by molar-refractivity contribution is 6.33. The van der Waals surface area contributed by atoms with E-state index in [1.165, 1.54) is 38.4 Å². The molecule has 51 heavy (non-hydrogen) atoms. The molecule has 1 saturated carbocycles. The van der Waals surface area contributed by atoms with Crippen LogP contribution in [0, 0.1) is 34.9 Å². The van der Waals surface area contributed by atoms with Crippen LogP contribution in [-0.2, 0) is 25.4 Å². The van der Waals surface area contributed by atoms with Crippen molar-refractivity contribution in [3.8, 4) is 11.5 Å². The molecule has 2 aliphatic carbocycles. The summed E-state index contributed by atoms with van der Waals surface area (Å²) in [6.45, 7) is 1.63. The molecular formula is C35H28Cl2F4N4O6. The van der Waals surface area contributed by atoms with Gasteiger partial charge in [-0.1, -0.05) is 40.9 Å². The number of hydrogen-bond acceptors (Lipinski definition) is 8. The number of rotatable bonds is 5. The zero-order valence-corrected chi connectivity index (χ0v) is 28.6. The summed E-state index contributed by atoms with van der Waals surface area (Å²) in [6, 6.07) is 9.45. The van der Waals surface area contributed by atoms with Crippen LogP contribution in [0.15, 0.2) is 60.2 Å². The van der Waals surface area contributed by atoms with E-state index >= 15 is 0 Å². The molecule has 4 amide bonds. The minimum Gasteiger partial charge on any atom is -0.508 e. The molecule has 0 spiro atoms. The summed E-state index contributed by atoms with van der Waals surface area (Å²) in [7, 11) is 2.58. The number of aromatic hydroxyl groups is 1. The van der Waals surface area contributed by atoms with Crippen LogP contribution in [0.4, 0.5) is 29.1 Å². The zero-order chi connectivity index (χ0) is 36.9. The molecule has 0 radical (unpaired) electrons. The van der Waals surface area contributed by atoms with Gasteiger partial charge in [-0.2, -0.15) is 18.2 Å². The van der Waals surface area contributed by atoms with Crippen molar-refractivity contribution in [2.45, 2.75) is 31.9 Å². The lowest BCUT2D eigenvalue weighted by atomic mass is 9.51. The van der Waals surface area contributed by atoms with Gasteiger partial charge in [-0.25, -0.2) is 14.3 Å². The molecule has 16 heteroatoms. The smallest absolute Gasteiger partial charge is 0.433 e. The molecule has 3 heterocycles. The molecule has 10 nitrogen and oxygen atoms in total. The van der Waals surface area contributed by atoms with E-state index in [2.05, 4.69) is 4.98 Å². The van der Waals surface area contributed by atoms with Crippen molar-refractivity contribution in [1.82, 2.24) is 9.99 Å². The second-order valence-electron chi connectivity index (χ2n) is 13.2. The number of anilines is 2. The van der Waals surface area contributed by atoms with Crippen molar-refractivity contribution in [3.05, 3.63) is 87.3 Å². The van der Waals surface area contributed by atoms with Crippen molar-refractivity contribution in [2.75, 3.05) is 24.1 Å². The van der Waals surface area contributed by atoms with Gasteiger partial charge >= 0.3 is 6.18 Å². The van der Waals surface area contributed by atoms with Crippen molar-refractivity contribution in [2.24, 2.45) is 29.1 Å². The normalized spacial score (nSPS) is 27.3. The molecule has 1 N–H and O–H groups in total. The van der Waals surface area contributed by atoms with Crippen LogP contribution in [-0.4, -0.2) is 52.9 Å². The number of aromatic nitrogens is 1. The number of methoxy groups -OCH3 is 1. The van der Waals surface area contributed by atoms with Gasteiger partial charge in [-0.05, 0) is 62.1 Å². The Balaban J connectivity index is 1.34. The number of pyridine rings is 1. The highest BCUT2D eigenvalue weighted by atomic mass is 35.5. The number of hydrazine groups is 1. The molecule has 0 bridgehead atoms. The lowest BCUT2D eigenvalue weighted by Gasteiger charge is -2.49. The fraction of sp³-hybridized carbons (Fsp3) is 0.343. The largest absolute Gasteiger partial charge is 0.508 e. The number of imide groups is 2. The highest BCUT2D eigenvalue weighted by Crippen LogP contribution is 2.64. The van der Waals surface area contributed by atoms with E-state index in [4.69, 9.17) is 27.9 Å². The first-order valence-electron chi connectivity index (χ1n) is 15.8. The fourth-order valence-corrected chi connectivity index (χ4v) is 8.76. The lowest BCUT2D eigenvalue weighted by Crippen LogP contribution is -2.49. The topological polar surface area (TPSA) is 120 Å². The van der Waals surface area contributed by atoms with E-state index < -0.39 is 82.1 Å². The number of amides is 4. The number of allylic oxidation sites excluding steroid dienone is 2. The van der Waals surface area contributed by atoms with Crippen LogP contribution in [0.1, 0.15) is 36.9 Å². The van der Waals surface area contributed by atoms with Crippen LogP contribution >= 0.6 is 23.2 Å². The second kappa shape index (κ2) is 11.9. The van der Waals surface area contributed by atoms with Gasteiger partial charge in [-0.3, -0.25) is 24.2 Å². The third-order valence-electron chi connectivity index (χ3n) is 10.7. The van der Waals surface area contributed by atoms with Crippen molar-refractivity contribution < 1.29 is 46.6 Å². The molecular weight excluding hydrogens is 719 g/mol. The maximum absolute atomic E-state index is 14.6. The van der Waals surface area contributed by atoms with Crippen LogP contribution in [0.25, 0.3) is 0 Å². The Morgan fingerprint density at radius 3 is 2.37 bits per heavy atom. The first kappa shape index (κ1) is 34.7. The summed E-state index contributed by atoms with van der Waals surface area (Å²) >= 11 is 12.3. The number of carbonyl (C=O) groups excluding carboxylic acids is 4. The Kier molecular flexibility index (Phi) is 8.14. The molecule has 0 unspecified atom stereocenters. The zero-order valence-electron chi connectivity index (χ0n) is 27.0. The van der Waals surface area contributed by atoms with Crippen LogP contribution in [0.3, 0.4) is 0 Å². The third kappa shape index (κ3) is 5.08. The van der Waals surface area contributed by atoms with E-state index in [9.17, 15) is 41.8 Å². The number of phenols is 1. The summed E-state index contributed by atoms with van der Waals surface area (Å²) in [6.07, 6.45) is -3.07. The number of phenolic OH excluding ortho intramolecular Hbond substituents is 1. The minimum absolute atomic E-state index is 0.0340. The molecule has 6 atom stereocenters. The van der Waals surface area contributed by atoms with Gasteiger partial charge < -0.3 is 9.84 Å². The molecule has 2 saturated heterocycles. The molecule has 7 rings (SSSR count). The summed E-state index contributed by atoms with van der Waals surface area (Å²) in [4.78, 5) is 61.8. The number of hydrogen-bond donors (Lipinski definition) is 1. The van der Waals surface area contributed by atoms with Crippen molar-refractivity contribution >= 4 is 58.3 Å². The van der Waals surface area contributed by atoms with Gasteiger partial charge in [0.05, 0.1) is 46.0 Å². The second-order valence-corrected chi connectivity index (χ2v) is 14.0. The Bertz CT molecular complexity index is 2080. The Morgan fingerprint density at radius 1 is 0.980 bits per heavy atom. The van der Waals surface area contributed by atoms with Gasteiger partial charge in [0.1, 0.15) is 23.0 Å². The molecule has 3 fully saturated rings. The average molecular weight is 748 g/mol. The van der Waals surface area contributed by atoms with E-state index in [1.807, 2.05) is 0 Å². The molecule has 3 aromatic rings. The predicted octanol–water partition coefficient (Wildman–Crippen LogP) is 6.54. The third-order valence-corrected chi connectivity index (χ3v) is 11.2. The number of nitrogens with zero attached hydrogens (tertiary/aromatic N) is 4. The molecule has 1 aromatic heterocycles. The molecule has 2 aliphatic heterocycles. The Morgan fingerprint density at radius 2 is 1.71 bits per heavy atom. The summed E-state index contributed by atoms with van der Waals surface area (Å²) < 4.78 is 60.5. The Labute approximate surface area is 298 Å². The fourth-order valence-electron chi connectivity index (χ4n) is 8.36. The molecule has 2 aromatic carbocycles. The van der Waals surface area contributed by atoms with Crippen molar-refractivity contribution in [1.29, 1.82) is 0 Å². The Hall–Kier alpha value is -4.69. The van der Waals surface area contributed by atoms with Crippen LogP contribution in [0.5, 0.6) is 11.5 Å². The number of ether oxygens (including phenoxy) is 1. The standard InChI is InChI=1S/C35H28Cl2F4N4O6/c1-34-21(31(48)44(33(34)50)15-4-10-24(38)23(37)12-15)14-20-17(28(34)18-6-5-16(46)13-25(18)51-3)7-8-19-27(20)32(49)45(30(19)47)43(2)29-22(36)9-11-26(42-29)35(39,40)41/h4-7,9-13,19-21,27-28,46H,8,14H2,1-3H3/t19-,20+,21-,27-,28+,34+/m0/s1. The van der Waals surface area contributed by atoms with E-state index in [1.54, 1.807) is 19.1 Å². The number of benzene rings is 2. The summed E-state index contributed by atoms with van der Waals surface area (Å²) in [5.41, 5.74) is -1.70. The van der Waals surface area contributed by atoms with E-state index in [0.29, 0.717) is 17.2 Å². The minimum atomic E-state index is -4.83. The van der Waals surface area contributed by atoms with Gasteiger partial charge in [0.15, 0.2) is 5.82 Å². The summed E-state index contributed by atoms with van der Waals surface area (Å²) in [5, 5.41) is 11.4. The maximum Gasteiger partial charge on any atom is 0.433 e. The van der Waals surface area contributed by atoms with Gasteiger partial charge in [0.25, 0.3) is 11.8 Å².